The Morgan fingerprint density at radius 3 is 2.87 bits per heavy atom. The molecule has 0 heterocycles. The maximum absolute atomic E-state index is 10.5. The predicted molar refractivity (Wildman–Crippen MR) is 62.2 cm³/mol. The van der Waals surface area contributed by atoms with Gasteiger partial charge in [0.05, 0.1) is 4.92 Å². The maximum Gasteiger partial charge on any atom is 0.270 e. The predicted octanol–water partition coefficient (Wildman–Crippen LogP) is 3.10. The van der Waals surface area contributed by atoms with Crippen LogP contribution in [-0.2, 0) is 0 Å². The summed E-state index contributed by atoms with van der Waals surface area (Å²) in [6, 6.07) is 3.95. The first-order chi connectivity index (χ1) is 7.15. The fourth-order valence-electron chi connectivity index (χ4n) is 1.06. The molecule has 0 saturated carbocycles. The van der Waals surface area contributed by atoms with Gasteiger partial charge in [0.1, 0.15) is 5.75 Å². The van der Waals surface area contributed by atoms with Crippen LogP contribution < -0.4 is 0 Å². The lowest BCUT2D eigenvalue weighted by Crippen LogP contribution is -1.88. The van der Waals surface area contributed by atoms with Crippen LogP contribution >= 0.6 is 15.9 Å². The Balaban J connectivity index is 2.95. The summed E-state index contributed by atoms with van der Waals surface area (Å²) >= 11 is 3.26. The van der Waals surface area contributed by atoms with Crippen molar-refractivity contribution in [2.75, 3.05) is 5.33 Å². The van der Waals surface area contributed by atoms with Gasteiger partial charge in [0.25, 0.3) is 5.69 Å². The van der Waals surface area contributed by atoms with Gasteiger partial charge in [0.2, 0.25) is 0 Å². The quantitative estimate of drug-likeness (QED) is 0.520. The average molecular weight is 272 g/mol. The van der Waals surface area contributed by atoms with E-state index >= 15 is 0 Å². The zero-order valence-corrected chi connectivity index (χ0v) is 9.48. The van der Waals surface area contributed by atoms with Crippen molar-refractivity contribution in [2.45, 2.75) is 6.42 Å². The minimum Gasteiger partial charge on any atom is -0.507 e. The van der Waals surface area contributed by atoms with E-state index in [-0.39, 0.29) is 11.4 Å². The number of aromatic hydroxyl groups is 1. The molecule has 0 aliphatic heterocycles. The number of rotatable bonds is 4. The number of benzene rings is 1. The Morgan fingerprint density at radius 1 is 1.53 bits per heavy atom. The highest BCUT2D eigenvalue weighted by Crippen LogP contribution is 2.24. The number of alkyl halides is 1. The number of hydrogen-bond donors (Lipinski definition) is 1. The number of allylic oxidation sites excluding steroid dienone is 1. The summed E-state index contributed by atoms with van der Waals surface area (Å²) in [5.41, 5.74) is 0.441. The van der Waals surface area contributed by atoms with E-state index in [1.54, 1.807) is 6.08 Å². The number of nitrogens with zero attached hydrogens (tertiary/aromatic N) is 1. The molecule has 0 spiro atoms. The molecule has 0 amide bonds. The highest BCUT2D eigenvalue weighted by atomic mass is 79.9. The molecule has 80 valence electrons. The van der Waals surface area contributed by atoms with Gasteiger partial charge in [-0.3, -0.25) is 10.1 Å². The second-order valence-corrected chi connectivity index (χ2v) is 3.67. The second kappa shape index (κ2) is 5.50. The van der Waals surface area contributed by atoms with E-state index in [1.165, 1.54) is 18.2 Å². The average Bonchev–Trinajstić information content (AvgIpc) is 2.20. The van der Waals surface area contributed by atoms with Crippen LogP contribution in [0.25, 0.3) is 6.08 Å². The van der Waals surface area contributed by atoms with Gasteiger partial charge in [-0.2, -0.15) is 0 Å². The molecule has 0 aliphatic carbocycles. The summed E-state index contributed by atoms with van der Waals surface area (Å²) in [5, 5.41) is 20.7. The monoisotopic (exact) mass is 271 g/mol. The molecule has 0 radical (unpaired) electrons. The van der Waals surface area contributed by atoms with Gasteiger partial charge < -0.3 is 5.11 Å². The van der Waals surface area contributed by atoms with E-state index < -0.39 is 4.92 Å². The normalized spacial score (nSPS) is 10.7. The first kappa shape index (κ1) is 11.7. The van der Waals surface area contributed by atoms with Crippen LogP contribution in [0.15, 0.2) is 24.3 Å². The van der Waals surface area contributed by atoms with E-state index in [9.17, 15) is 15.2 Å². The molecule has 0 bridgehead atoms. The van der Waals surface area contributed by atoms with Crippen molar-refractivity contribution in [3.05, 3.63) is 40.0 Å². The third kappa shape index (κ3) is 3.36. The van der Waals surface area contributed by atoms with Crippen molar-refractivity contribution in [1.82, 2.24) is 0 Å². The molecule has 0 unspecified atom stereocenters. The largest absolute Gasteiger partial charge is 0.507 e. The number of halogens is 1. The third-order valence-electron chi connectivity index (χ3n) is 1.80. The smallest absolute Gasteiger partial charge is 0.270 e. The van der Waals surface area contributed by atoms with Crippen molar-refractivity contribution in [3.8, 4) is 5.75 Å². The third-order valence-corrected chi connectivity index (χ3v) is 2.25. The van der Waals surface area contributed by atoms with E-state index in [2.05, 4.69) is 15.9 Å². The zero-order chi connectivity index (χ0) is 11.3. The fourth-order valence-corrected chi connectivity index (χ4v) is 1.33. The Hall–Kier alpha value is -1.36. The molecular formula is C10H10BrNO3. The zero-order valence-electron chi connectivity index (χ0n) is 7.89. The van der Waals surface area contributed by atoms with Crippen LogP contribution in [-0.4, -0.2) is 15.4 Å². The molecule has 0 saturated heterocycles. The summed E-state index contributed by atoms with van der Waals surface area (Å²) in [5.74, 6) is 0.0476. The highest BCUT2D eigenvalue weighted by molar-refractivity contribution is 9.09. The highest BCUT2D eigenvalue weighted by Gasteiger charge is 2.07. The number of nitro benzene ring substituents is 1. The van der Waals surface area contributed by atoms with Crippen LogP contribution in [0.5, 0.6) is 5.75 Å². The minimum absolute atomic E-state index is 0.0220. The van der Waals surface area contributed by atoms with Crippen molar-refractivity contribution >= 4 is 27.7 Å². The second-order valence-electron chi connectivity index (χ2n) is 2.88. The number of non-ortho nitro benzene ring substituents is 1. The van der Waals surface area contributed by atoms with Crippen LogP contribution in [0, 0.1) is 10.1 Å². The molecule has 15 heavy (non-hydrogen) atoms. The van der Waals surface area contributed by atoms with E-state index in [0.717, 1.165) is 11.8 Å². The molecule has 4 nitrogen and oxygen atoms in total. The topological polar surface area (TPSA) is 63.4 Å². The number of nitro groups is 1. The van der Waals surface area contributed by atoms with Gasteiger partial charge in [-0.15, -0.1) is 0 Å². The van der Waals surface area contributed by atoms with Crippen molar-refractivity contribution in [3.63, 3.8) is 0 Å². The molecule has 1 N–H and O–H groups in total. The minimum atomic E-state index is -0.485. The summed E-state index contributed by atoms with van der Waals surface area (Å²) in [7, 11) is 0. The van der Waals surface area contributed by atoms with E-state index in [4.69, 9.17) is 0 Å². The van der Waals surface area contributed by atoms with Crippen molar-refractivity contribution in [2.24, 2.45) is 0 Å². The van der Waals surface area contributed by atoms with Crippen LogP contribution in [0.1, 0.15) is 12.0 Å². The molecule has 0 atom stereocenters. The molecule has 1 aromatic rings. The number of phenols is 1. The van der Waals surface area contributed by atoms with Crippen LogP contribution in [0.2, 0.25) is 0 Å². The van der Waals surface area contributed by atoms with Crippen LogP contribution in [0.3, 0.4) is 0 Å². The molecule has 0 aromatic heterocycles. The number of hydrogen-bond acceptors (Lipinski definition) is 3. The molecule has 5 heteroatoms. The summed E-state index contributed by atoms with van der Waals surface area (Å²) in [6.45, 7) is 0. The lowest BCUT2D eigenvalue weighted by atomic mass is 10.1. The summed E-state index contributed by atoms with van der Waals surface area (Å²) in [4.78, 5) is 10.0. The summed E-state index contributed by atoms with van der Waals surface area (Å²) < 4.78 is 0. The molecule has 1 aromatic carbocycles. The Morgan fingerprint density at radius 2 is 2.27 bits per heavy atom. The lowest BCUT2D eigenvalue weighted by molar-refractivity contribution is -0.384. The fraction of sp³-hybridized carbons (Fsp3) is 0.200. The van der Waals surface area contributed by atoms with Gasteiger partial charge in [-0.1, -0.05) is 28.1 Å². The lowest BCUT2D eigenvalue weighted by Gasteiger charge is -1.98. The molecule has 1 rings (SSSR count). The molecule has 0 fully saturated rings. The van der Waals surface area contributed by atoms with Gasteiger partial charge in [-0.25, -0.2) is 0 Å². The van der Waals surface area contributed by atoms with E-state index in [0.29, 0.717) is 5.56 Å². The first-order valence-corrected chi connectivity index (χ1v) is 5.47. The first-order valence-electron chi connectivity index (χ1n) is 4.35. The number of phenolic OH excluding ortho intramolecular Hbond substituents is 1. The van der Waals surface area contributed by atoms with Gasteiger partial charge in [-0.05, 0) is 12.5 Å². The SMILES string of the molecule is O=[N+]([O-])c1ccc(O)c(C=CCCBr)c1. The van der Waals surface area contributed by atoms with Crippen LogP contribution in [0.4, 0.5) is 5.69 Å². The Bertz CT molecular complexity index is 390. The van der Waals surface area contributed by atoms with E-state index in [1.807, 2.05) is 6.08 Å². The standard InChI is InChI=1S/C10H10BrNO3/c11-6-2-1-3-8-7-9(12(14)15)4-5-10(8)13/h1,3-5,7,13H,2,6H2. The molecule has 0 aliphatic rings. The Kier molecular flexibility index (Phi) is 4.30. The van der Waals surface area contributed by atoms with Crippen molar-refractivity contribution in [1.29, 1.82) is 0 Å². The maximum atomic E-state index is 10.5. The van der Waals surface area contributed by atoms with Gasteiger partial charge >= 0.3 is 0 Å². The molecular weight excluding hydrogens is 262 g/mol. The summed E-state index contributed by atoms with van der Waals surface area (Å²) in [6.07, 6.45) is 4.32. The van der Waals surface area contributed by atoms with Gasteiger partial charge in [0.15, 0.2) is 0 Å². The Labute approximate surface area is 95.5 Å². The van der Waals surface area contributed by atoms with Crippen molar-refractivity contribution < 1.29 is 10.0 Å². The van der Waals surface area contributed by atoms with Gasteiger partial charge in [0, 0.05) is 23.0 Å².